The molecule has 0 heterocycles. The first kappa shape index (κ1) is 16.5. The molecule has 3 N–H and O–H groups in total. The van der Waals surface area contributed by atoms with Crippen LogP contribution in [0.2, 0.25) is 10.0 Å². The largest absolute Gasteiger partial charge is 0.355 e. The standard InChI is InChI=1S/C16H17Cl2N3O/c1-10(2)19-16(22)21-14-5-3-13(4-6-14)20-15-8-11(17)7-12(18)9-15/h3-10,20H,1-2H3,(H2,19,21,22). The van der Waals surface area contributed by atoms with Gasteiger partial charge in [-0.05, 0) is 56.3 Å². The lowest BCUT2D eigenvalue weighted by molar-refractivity contribution is 0.250. The van der Waals surface area contributed by atoms with Gasteiger partial charge in [0, 0.05) is 33.1 Å². The zero-order valence-electron chi connectivity index (χ0n) is 12.3. The molecule has 0 aliphatic carbocycles. The van der Waals surface area contributed by atoms with Crippen molar-refractivity contribution in [3.63, 3.8) is 0 Å². The first-order valence-electron chi connectivity index (χ1n) is 6.83. The number of hydrogen-bond acceptors (Lipinski definition) is 2. The van der Waals surface area contributed by atoms with Crippen LogP contribution in [-0.2, 0) is 0 Å². The van der Waals surface area contributed by atoms with Crippen molar-refractivity contribution in [1.82, 2.24) is 5.32 Å². The summed E-state index contributed by atoms with van der Waals surface area (Å²) in [5.74, 6) is 0. The molecule has 0 bridgehead atoms. The summed E-state index contributed by atoms with van der Waals surface area (Å²) >= 11 is 11.9. The van der Waals surface area contributed by atoms with Crippen molar-refractivity contribution in [3.8, 4) is 0 Å². The predicted octanol–water partition coefficient (Wildman–Crippen LogP) is 5.27. The van der Waals surface area contributed by atoms with E-state index in [0.717, 1.165) is 11.4 Å². The number of hydrogen-bond donors (Lipinski definition) is 3. The summed E-state index contributed by atoms with van der Waals surface area (Å²) in [6.07, 6.45) is 0. The minimum atomic E-state index is -0.225. The molecule has 0 radical (unpaired) electrons. The van der Waals surface area contributed by atoms with Crippen LogP contribution in [0.4, 0.5) is 21.9 Å². The van der Waals surface area contributed by atoms with Gasteiger partial charge in [-0.1, -0.05) is 23.2 Å². The number of carbonyl (C=O) groups excluding carboxylic acids is 1. The maximum atomic E-state index is 11.6. The molecular weight excluding hydrogens is 321 g/mol. The molecule has 0 fully saturated rings. The van der Waals surface area contributed by atoms with E-state index in [0.29, 0.717) is 15.7 Å². The highest BCUT2D eigenvalue weighted by molar-refractivity contribution is 6.35. The van der Waals surface area contributed by atoms with Gasteiger partial charge in [-0.15, -0.1) is 0 Å². The number of halogens is 2. The van der Waals surface area contributed by atoms with Gasteiger partial charge < -0.3 is 16.0 Å². The van der Waals surface area contributed by atoms with Crippen LogP contribution in [0.1, 0.15) is 13.8 Å². The number of amides is 2. The number of urea groups is 1. The Morgan fingerprint density at radius 2 is 1.45 bits per heavy atom. The molecule has 2 rings (SSSR count). The monoisotopic (exact) mass is 337 g/mol. The maximum Gasteiger partial charge on any atom is 0.319 e. The van der Waals surface area contributed by atoms with E-state index in [-0.39, 0.29) is 12.1 Å². The number of anilines is 3. The average molecular weight is 338 g/mol. The topological polar surface area (TPSA) is 53.2 Å². The first-order valence-corrected chi connectivity index (χ1v) is 7.58. The SMILES string of the molecule is CC(C)NC(=O)Nc1ccc(Nc2cc(Cl)cc(Cl)c2)cc1. The maximum absolute atomic E-state index is 11.6. The zero-order valence-corrected chi connectivity index (χ0v) is 13.8. The minimum Gasteiger partial charge on any atom is -0.355 e. The fourth-order valence-corrected chi connectivity index (χ4v) is 2.38. The Labute approximate surface area is 139 Å². The van der Waals surface area contributed by atoms with E-state index in [2.05, 4.69) is 16.0 Å². The number of nitrogens with one attached hydrogen (secondary N) is 3. The van der Waals surface area contributed by atoms with Gasteiger partial charge in [0.2, 0.25) is 0 Å². The summed E-state index contributed by atoms with van der Waals surface area (Å²) in [5.41, 5.74) is 2.39. The van der Waals surface area contributed by atoms with Crippen LogP contribution in [0.5, 0.6) is 0 Å². The molecule has 0 atom stereocenters. The smallest absolute Gasteiger partial charge is 0.319 e. The van der Waals surface area contributed by atoms with Gasteiger partial charge in [0.05, 0.1) is 0 Å². The number of benzene rings is 2. The molecule has 116 valence electrons. The highest BCUT2D eigenvalue weighted by Crippen LogP contribution is 2.25. The van der Waals surface area contributed by atoms with Gasteiger partial charge in [0.1, 0.15) is 0 Å². The second kappa shape index (κ2) is 7.38. The second-order valence-electron chi connectivity index (χ2n) is 5.11. The number of carbonyl (C=O) groups is 1. The molecule has 2 aromatic rings. The van der Waals surface area contributed by atoms with Crippen molar-refractivity contribution in [2.75, 3.05) is 10.6 Å². The summed E-state index contributed by atoms with van der Waals surface area (Å²) < 4.78 is 0. The Kier molecular flexibility index (Phi) is 5.52. The average Bonchev–Trinajstić information content (AvgIpc) is 2.39. The Bertz CT molecular complexity index is 637. The van der Waals surface area contributed by atoms with Crippen molar-refractivity contribution in [3.05, 3.63) is 52.5 Å². The Morgan fingerprint density at radius 1 is 0.909 bits per heavy atom. The van der Waals surface area contributed by atoms with E-state index in [9.17, 15) is 4.79 Å². The number of rotatable bonds is 4. The summed E-state index contributed by atoms with van der Waals surface area (Å²) in [6.45, 7) is 3.81. The quantitative estimate of drug-likeness (QED) is 0.712. The summed E-state index contributed by atoms with van der Waals surface area (Å²) in [6, 6.07) is 12.5. The normalized spacial score (nSPS) is 10.4. The van der Waals surface area contributed by atoms with Gasteiger partial charge >= 0.3 is 6.03 Å². The molecule has 2 aromatic carbocycles. The van der Waals surface area contributed by atoms with E-state index in [1.54, 1.807) is 18.2 Å². The molecule has 4 nitrogen and oxygen atoms in total. The third-order valence-corrected chi connectivity index (χ3v) is 3.15. The van der Waals surface area contributed by atoms with Crippen LogP contribution in [0.3, 0.4) is 0 Å². The molecule has 0 aliphatic heterocycles. The van der Waals surface area contributed by atoms with Crippen molar-refractivity contribution < 1.29 is 4.79 Å². The molecule has 2 amide bonds. The van der Waals surface area contributed by atoms with E-state index in [1.807, 2.05) is 38.1 Å². The van der Waals surface area contributed by atoms with Crippen LogP contribution in [0.15, 0.2) is 42.5 Å². The lowest BCUT2D eigenvalue weighted by Crippen LogP contribution is -2.34. The Morgan fingerprint density at radius 3 is 2.00 bits per heavy atom. The molecular formula is C16H17Cl2N3O. The van der Waals surface area contributed by atoms with E-state index in [4.69, 9.17) is 23.2 Å². The van der Waals surface area contributed by atoms with Gasteiger partial charge in [0.25, 0.3) is 0 Å². The summed E-state index contributed by atoms with van der Waals surface area (Å²) in [4.78, 5) is 11.6. The fraction of sp³-hybridized carbons (Fsp3) is 0.188. The zero-order chi connectivity index (χ0) is 16.1. The molecule has 0 saturated heterocycles. The van der Waals surface area contributed by atoms with E-state index >= 15 is 0 Å². The third kappa shape index (κ3) is 5.13. The molecule has 0 aromatic heterocycles. The van der Waals surface area contributed by atoms with E-state index < -0.39 is 0 Å². The molecule has 0 saturated carbocycles. The molecule has 6 heteroatoms. The highest BCUT2D eigenvalue weighted by Gasteiger charge is 2.04. The molecule has 0 aliphatic rings. The summed E-state index contributed by atoms with van der Waals surface area (Å²) in [7, 11) is 0. The molecule has 0 spiro atoms. The molecule has 0 unspecified atom stereocenters. The second-order valence-corrected chi connectivity index (χ2v) is 5.99. The third-order valence-electron chi connectivity index (χ3n) is 2.71. The minimum absolute atomic E-state index is 0.0912. The van der Waals surface area contributed by atoms with Crippen molar-refractivity contribution in [2.45, 2.75) is 19.9 Å². The van der Waals surface area contributed by atoms with Crippen molar-refractivity contribution in [1.29, 1.82) is 0 Å². The van der Waals surface area contributed by atoms with Crippen LogP contribution in [0, 0.1) is 0 Å². The van der Waals surface area contributed by atoms with Gasteiger partial charge in [-0.25, -0.2) is 4.79 Å². The Balaban J connectivity index is 2.01. The lowest BCUT2D eigenvalue weighted by Gasteiger charge is -2.11. The van der Waals surface area contributed by atoms with Gasteiger partial charge in [0.15, 0.2) is 0 Å². The fourth-order valence-electron chi connectivity index (χ4n) is 1.86. The van der Waals surface area contributed by atoms with Crippen LogP contribution in [0.25, 0.3) is 0 Å². The highest BCUT2D eigenvalue weighted by atomic mass is 35.5. The predicted molar refractivity (Wildman–Crippen MR) is 93.5 cm³/mol. The van der Waals surface area contributed by atoms with Gasteiger partial charge in [-0.2, -0.15) is 0 Å². The van der Waals surface area contributed by atoms with Crippen molar-refractivity contribution in [2.24, 2.45) is 0 Å². The first-order chi connectivity index (χ1) is 10.4. The van der Waals surface area contributed by atoms with Gasteiger partial charge in [-0.3, -0.25) is 0 Å². The summed E-state index contributed by atoms with van der Waals surface area (Å²) in [5, 5.41) is 9.86. The lowest BCUT2D eigenvalue weighted by atomic mass is 10.2. The van der Waals surface area contributed by atoms with Crippen LogP contribution in [-0.4, -0.2) is 12.1 Å². The van der Waals surface area contributed by atoms with Crippen molar-refractivity contribution >= 4 is 46.3 Å². The van der Waals surface area contributed by atoms with Crippen LogP contribution >= 0.6 is 23.2 Å². The van der Waals surface area contributed by atoms with E-state index in [1.165, 1.54) is 0 Å². The molecule has 22 heavy (non-hydrogen) atoms. The van der Waals surface area contributed by atoms with Crippen LogP contribution < -0.4 is 16.0 Å². The Hall–Kier alpha value is -1.91.